The highest BCUT2D eigenvalue weighted by Gasteiger charge is 1.98. The van der Waals surface area contributed by atoms with Crippen molar-refractivity contribution in [2.75, 3.05) is 12.5 Å². The van der Waals surface area contributed by atoms with Gasteiger partial charge in [0.05, 0.1) is 21.4 Å². The third-order valence-electron chi connectivity index (χ3n) is 1.68. The van der Waals surface area contributed by atoms with Gasteiger partial charge in [0, 0.05) is 17.9 Å². The Balaban J connectivity index is 2.62. The predicted octanol–water partition coefficient (Wildman–Crippen LogP) is 1.53. The summed E-state index contributed by atoms with van der Waals surface area (Å²) in [5.41, 5.74) is 0.861. The second kappa shape index (κ2) is 3.09. The highest BCUT2D eigenvalue weighted by Crippen LogP contribution is 2.10. The van der Waals surface area contributed by atoms with E-state index in [9.17, 15) is 4.21 Å². The molecule has 14 heavy (non-hydrogen) atoms. The van der Waals surface area contributed by atoms with Crippen molar-refractivity contribution >= 4 is 20.6 Å². The van der Waals surface area contributed by atoms with Crippen LogP contribution in [0.15, 0.2) is 34.9 Å². The molecule has 1 aromatic heterocycles. The number of aromatic nitrogens is 2. The molecular weight excluding hydrogens is 198 g/mol. The lowest BCUT2D eigenvalue weighted by Crippen LogP contribution is -1.97. The van der Waals surface area contributed by atoms with E-state index < -0.39 is 9.73 Å². The van der Waals surface area contributed by atoms with E-state index in [-0.39, 0.29) is 0 Å². The molecule has 0 atom stereocenters. The lowest BCUT2D eigenvalue weighted by atomic mass is 10.3. The molecule has 74 valence electrons. The maximum absolute atomic E-state index is 11.4. The molecule has 0 amide bonds. The van der Waals surface area contributed by atoms with Crippen LogP contribution in [-0.2, 0) is 9.73 Å². The minimum atomic E-state index is -2.15. The highest BCUT2D eigenvalue weighted by molar-refractivity contribution is 7.92. The van der Waals surface area contributed by atoms with Crippen molar-refractivity contribution < 1.29 is 4.21 Å². The van der Waals surface area contributed by atoms with Crippen LogP contribution < -0.4 is 0 Å². The van der Waals surface area contributed by atoms with Crippen LogP contribution in [0.3, 0.4) is 0 Å². The van der Waals surface area contributed by atoms with E-state index in [1.165, 1.54) is 4.79 Å². The fourth-order valence-corrected chi connectivity index (χ4v) is 1.68. The fourth-order valence-electron chi connectivity index (χ4n) is 1.19. The minimum Gasteiger partial charge on any atom is -0.248 e. The predicted molar refractivity (Wildman–Crippen MR) is 57.5 cm³/mol. The Morgan fingerprint density at radius 3 is 2.71 bits per heavy atom. The number of benzene rings is 1. The lowest BCUT2D eigenvalue weighted by Gasteiger charge is -1.92. The van der Waals surface area contributed by atoms with Crippen molar-refractivity contribution in [3.8, 4) is 0 Å². The number of hydrogen-bond acceptors (Lipinski definition) is 3. The topological polar surface area (TPSA) is 47.2 Å². The van der Waals surface area contributed by atoms with Crippen LogP contribution in [0.25, 0.3) is 10.9 Å². The fraction of sp³-hybridized carbons (Fsp3) is 0.222. The first kappa shape index (κ1) is 9.21. The van der Waals surface area contributed by atoms with E-state index in [1.807, 2.05) is 24.3 Å². The Morgan fingerprint density at radius 2 is 2.07 bits per heavy atom. The van der Waals surface area contributed by atoms with Gasteiger partial charge >= 0.3 is 0 Å². The number of nitrogens with zero attached hydrogens (tertiary/aromatic N) is 3. The zero-order valence-electron chi connectivity index (χ0n) is 8.04. The van der Waals surface area contributed by atoms with Crippen LogP contribution in [0.5, 0.6) is 0 Å². The first-order chi connectivity index (χ1) is 6.54. The Bertz CT molecular complexity index is 538. The first-order valence-corrected chi connectivity index (χ1v) is 6.50. The summed E-state index contributed by atoms with van der Waals surface area (Å²) in [7, 11) is -2.15. The average Bonchev–Trinajstić information content (AvgIpc) is 2.42. The number of fused-ring (bicyclic) bond motifs is 1. The van der Waals surface area contributed by atoms with E-state index in [0.29, 0.717) is 0 Å². The van der Waals surface area contributed by atoms with Crippen molar-refractivity contribution in [3.63, 3.8) is 0 Å². The SMILES string of the molecule is CS(C)(=O)=Nn1cc2ccccc2n1. The summed E-state index contributed by atoms with van der Waals surface area (Å²) in [5, 5.41) is 5.17. The lowest BCUT2D eigenvalue weighted by molar-refractivity contribution is 0.671. The molecule has 0 radical (unpaired) electrons. The summed E-state index contributed by atoms with van der Waals surface area (Å²) in [6, 6.07) is 7.69. The minimum absolute atomic E-state index is 0.861. The van der Waals surface area contributed by atoms with Crippen molar-refractivity contribution in [3.05, 3.63) is 30.5 Å². The number of rotatable bonds is 1. The normalized spacial score (nSPS) is 11.9. The summed E-state index contributed by atoms with van der Waals surface area (Å²) >= 11 is 0. The molecule has 5 heteroatoms. The van der Waals surface area contributed by atoms with Crippen molar-refractivity contribution in [1.82, 2.24) is 9.89 Å². The highest BCUT2D eigenvalue weighted by atomic mass is 32.2. The third-order valence-corrected chi connectivity index (χ3v) is 2.24. The molecule has 0 unspecified atom stereocenters. The summed E-state index contributed by atoms with van der Waals surface area (Å²) in [4.78, 5) is 1.38. The van der Waals surface area contributed by atoms with Gasteiger partial charge in [0.25, 0.3) is 0 Å². The quantitative estimate of drug-likeness (QED) is 0.715. The maximum atomic E-state index is 11.4. The molecule has 0 aliphatic carbocycles. The largest absolute Gasteiger partial charge is 0.248 e. The molecule has 1 aromatic carbocycles. The van der Waals surface area contributed by atoms with E-state index in [1.54, 1.807) is 18.7 Å². The van der Waals surface area contributed by atoms with Crippen LogP contribution in [0.4, 0.5) is 0 Å². The summed E-state index contributed by atoms with van der Waals surface area (Å²) < 4.78 is 15.4. The molecule has 2 aromatic rings. The van der Waals surface area contributed by atoms with Gasteiger partial charge in [-0.1, -0.05) is 22.7 Å². The zero-order chi connectivity index (χ0) is 10.2. The van der Waals surface area contributed by atoms with Crippen molar-refractivity contribution in [2.24, 2.45) is 4.47 Å². The van der Waals surface area contributed by atoms with Crippen LogP contribution >= 0.6 is 0 Å². The molecule has 0 N–H and O–H groups in total. The second-order valence-corrected chi connectivity index (χ2v) is 5.90. The van der Waals surface area contributed by atoms with Crippen LogP contribution in [0.2, 0.25) is 0 Å². The Kier molecular flexibility index (Phi) is 2.03. The van der Waals surface area contributed by atoms with Gasteiger partial charge in [-0.3, -0.25) is 0 Å². The molecule has 0 aliphatic heterocycles. The van der Waals surface area contributed by atoms with Crippen LogP contribution in [0, 0.1) is 0 Å². The van der Waals surface area contributed by atoms with Crippen molar-refractivity contribution in [2.45, 2.75) is 0 Å². The zero-order valence-corrected chi connectivity index (χ0v) is 8.86. The summed E-state index contributed by atoms with van der Waals surface area (Å²) in [6.45, 7) is 0. The molecule has 0 bridgehead atoms. The van der Waals surface area contributed by atoms with E-state index in [0.717, 1.165) is 10.9 Å². The Labute approximate surface area is 82.7 Å². The van der Waals surface area contributed by atoms with Gasteiger partial charge in [-0.05, 0) is 6.07 Å². The molecule has 1 heterocycles. The van der Waals surface area contributed by atoms with Gasteiger partial charge in [-0.25, -0.2) is 4.21 Å². The average molecular weight is 209 g/mol. The van der Waals surface area contributed by atoms with E-state index in [2.05, 4.69) is 9.57 Å². The molecular formula is C9H11N3OS. The van der Waals surface area contributed by atoms with Gasteiger partial charge in [0.1, 0.15) is 0 Å². The van der Waals surface area contributed by atoms with Gasteiger partial charge in [-0.15, -0.1) is 9.89 Å². The molecule has 0 aliphatic rings. The second-order valence-electron chi connectivity index (χ2n) is 3.37. The molecule has 0 saturated heterocycles. The van der Waals surface area contributed by atoms with Crippen molar-refractivity contribution in [1.29, 1.82) is 0 Å². The molecule has 0 saturated carbocycles. The molecule has 4 nitrogen and oxygen atoms in total. The van der Waals surface area contributed by atoms with E-state index in [4.69, 9.17) is 0 Å². The van der Waals surface area contributed by atoms with Crippen LogP contribution in [-0.4, -0.2) is 26.6 Å². The summed E-state index contributed by atoms with van der Waals surface area (Å²) in [5.74, 6) is 0. The van der Waals surface area contributed by atoms with Crippen LogP contribution in [0.1, 0.15) is 0 Å². The van der Waals surface area contributed by atoms with Gasteiger partial charge in [-0.2, -0.15) is 0 Å². The van der Waals surface area contributed by atoms with Gasteiger partial charge < -0.3 is 0 Å². The maximum Gasteiger partial charge on any atom is 0.0945 e. The summed E-state index contributed by atoms with van der Waals surface area (Å²) in [6.07, 6.45) is 4.93. The smallest absolute Gasteiger partial charge is 0.0945 e. The molecule has 2 rings (SSSR count). The standard InChI is InChI=1S/C9H11N3OS/c1-14(2,13)11-12-7-8-5-3-4-6-9(8)10-12/h3-7H,1-2H3. The third kappa shape index (κ3) is 1.93. The Morgan fingerprint density at radius 1 is 1.36 bits per heavy atom. The number of hydrogen-bond donors (Lipinski definition) is 0. The van der Waals surface area contributed by atoms with E-state index >= 15 is 0 Å². The Hall–Kier alpha value is -1.36. The first-order valence-electron chi connectivity index (χ1n) is 4.16. The molecule has 0 fully saturated rings. The van der Waals surface area contributed by atoms with Gasteiger partial charge in [0.2, 0.25) is 0 Å². The monoisotopic (exact) mass is 209 g/mol. The van der Waals surface area contributed by atoms with Gasteiger partial charge in [0.15, 0.2) is 0 Å². The molecule has 0 spiro atoms.